The van der Waals surface area contributed by atoms with Crippen LogP contribution in [0.15, 0.2) is 4.99 Å². The number of guanidine groups is 1. The van der Waals surface area contributed by atoms with E-state index in [1.807, 2.05) is 0 Å². The van der Waals surface area contributed by atoms with Crippen molar-refractivity contribution in [3.8, 4) is 0 Å². The zero-order valence-electron chi connectivity index (χ0n) is 15.2. The first-order valence-electron chi connectivity index (χ1n) is 9.12. The van der Waals surface area contributed by atoms with Gasteiger partial charge in [0, 0.05) is 58.9 Å². The maximum absolute atomic E-state index is 11.4. The van der Waals surface area contributed by atoms with Crippen LogP contribution >= 0.6 is 0 Å². The highest BCUT2D eigenvalue weighted by Gasteiger charge is 2.20. The summed E-state index contributed by atoms with van der Waals surface area (Å²) in [6, 6.07) is 0. The average Bonchev–Trinajstić information content (AvgIpc) is 3.11. The summed E-state index contributed by atoms with van der Waals surface area (Å²) in [7, 11) is -1.05. The second-order valence-electron chi connectivity index (χ2n) is 6.58. The lowest BCUT2D eigenvalue weighted by Crippen LogP contribution is -2.46. The van der Waals surface area contributed by atoms with Gasteiger partial charge < -0.3 is 20.1 Å². The van der Waals surface area contributed by atoms with Gasteiger partial charge in [-0.1, -0.05) is 0 Å². The van der Waals surface area contributed by atoms with Gasteiger partial charge in [-0.25, -0.2) is 8.42 Å². The predicted octanol–water partition coefficient (Wildman–Crippen LogP) is -0.675. The number of nitrogens with zero attached hydrogens (tertiary/aromatic N) is 2. The molecule has 2 rings (SSSR count). The third kappa shape index (κ3) is 8.35. The molecule has 25 heavy (non-hydrogen) atoms. The molecule has 0 spiro atoms. The lowest BCUT2D eigenvalue weighted by atomic mass is 10.1. The second kappa shape index (κ2) is 10.9. The molecule has 146 valence electrons. The number of sulfone groups is 1. The largest absolute Gasteiger partial charge is 0.381 e. The molecular weight excluding hydrogens is 344 g/mol. The quantitative estimate of drug-likeness (QED) is 0.313. The number of nitrogens with one attached hydrogen (secondary N) is 2. The SMILES string of the molecule is CN=C(NCCCOCC1CCOC1)NCCN1CCS(=O)(=O)CC1. The molecule has 0 radical (unpaired) electrons. The first kappa shape index (κ1) is 20.4. The molecule has 2 aliphatic heterocycles. The lowest BCUT2D eigenvalue weighted by Gasteiger charge is -2.26. The van der Waals surface area contributed by atoms with Gasteiger partial charge in [0.25, 0.3) is 0 Å². The van der Waals surface area contributed by atoms with Gasteiger partial charge in [-0.2, -0.15) is 0 Å². The Morgan fingerprint density at radius 1 is 1.28 bits per heavy atom. The van der Waals surface area contributed by atoms with Crippen molar-refractivity contribution in [2.24, 2.45) is 10.9 Å². The maximum atomic E-state index is 11.4. The van der Waals surface area contributed by atoms with Crippen molar-refractivity contribution in [3.63, 3.8) is 0 Å². The summed E-state index contributed by atoms with van der Waals surface area (Å²) in [5, 5.41) is 6.53. The maximum Gasteiger partial charge on any atom is 0.191 e. The number of aliphatic imine (C=N–C) groups is 1. The molecule has 0 aromatic rings. The van der Waals surface area contributed by atoms with E-state index in [9.17, 15) is 8.42 Å². The van der Waals surface area contributed by atoms with Gasteiger partial charge in [-0.3, -0.25) is 9.89 Å². The Kier molecular flexibility index (Phi) is 8.94. The topological polar surface area (TPSA) is 92.3 Å². The molecule has 8 nitrogen and oxygen atoms in total. The summed E-state index contributed by atoms with van der Waals surface area (Å²) in [6.45, 7) is 6.85. The average molecular weight is 377 g/mol. The predicted molar refractivity (Wildman–Crippen MR) is 98.8 cm³/mol. The molecule has 0 aromatic heterocycles. The molecule has 2 N–H and O–H groups in total. The zero-order valence-corrected chi connectivity index (χ0v) is 16.0. The normalized spacial score (nSPS) is 24.4. The summed E-state index contributed by atoms with van der Waals surface area (Å²) in [5.74, 6) is 1.88. The van der Waals surface area contributed by atoms with Crippen molar-refractivity contribution in [1.29, 1.82) is 0 Å². The highest BCUT2D eigenvalue weighted by atomic mass is 32.2. The number of hydrogen-bond donors (Lipinski definition) is 2. The Balaban J connectivity index is 1.46. The van der Waals surface area contributed by atoms with Crippen molar-refractivity contribution in [3.05, 3.63) is 0 Å². The van der Waals surface area contributed by atoms with Crippen LogP contribution in [0.3, 0.4) is 0 Å². The minimum Gasteiger partial charge on any atom is -0.381 e. The van der Waals surface area contributed by atoms with Gasteiger partial charge in [-0.15, -0.1) is 0 Å². The minimum absolute atomic E-state index is 0.271. The number of hydrogen-bond acceptors (Lipinski definition) is 6. The number of ether oxygens (including phenoxy) is 2. The summed E-state index contributed by atoms with van der Waals surface area (Å²) < 4.78 is 33.8. The van der Waals surface area contributed by atoms with Crippen LogP contribution in [0, 0.1) is 5.92 Å². The Bertz CT molecular complexity index is 492. The van der Waals surface area contributed by atoms with E-state index in [0.29, 0.717) is 19.0 Å². The molecule has 1 unspecified atom stereocenters. The summed E-state index contributed by atoms with van der Waals surface area (Å²) >= 11 is 0. The summed E-state index contributed by atoms with van der Waals surface area (Å²) in [5.41, 5.74) is 0. The molecular formula is C16H32N4O4S. The van der Waals surface area contributed by atoms with Gasteiger partial charge in [0.15, 0.2) is 15.8 Å². The molecule has 2 fully saturated rings. The van der Waals surface area contributed by atoms with Gasteiger partial charge in [-0.05, 0) is 12.8 Å². The Morgan fingerprint density at radius 2 is 2.04 bits per heavy atom. The van der Waals surface area contributed by atoms with Crippen LogP contribution in [0.4, 0.5) is 0 Å². The van der Waals surface area contributed by atoms with Crippen molar-refractivity contribution >= 4 is 15.8 Å². The van der Waals surface area contributed by atoms with E-state index in [4.69, 9.17) is 9.47 Å². The summed E-state index contributed by atoms with van der Waals surface area (Å²) in [4.78, 5) is 6.37. The van der Waals surface area contributed by atoms with E-state index in [1.165, 1.54) is 0 Å². The standard InChI is InChI=1S/C16H32N4O4S/c1-17-16(18-4-2-9-23-13-15-3-10-24-14-15)19-5-6-20-7-11-25(21,22)12-8-20/h15H,2-14H2,1H3,(H2,17,18,19). The van der Waals surface area contributed by atoms with Crippen LogP contribution in [0.1, 0.15) is 12.8 Å². The monoisotopic (exact) mass is 376 g/mol. The second-order valence-corrected chi connectivity index (χ2v) is 8.88. The first-order valence-corrected chi connectivity index (χ1v) is 10.9. The molecule has 0 amide bonds. The van der Waals surface area contributed by atoms with E-state index < -0.39 is 9.84 Å². The highest BCUT2D eigenvalue weighted by Crippen LogP contribution is 2.12. The molecule has 0 aliphatic carbocycles. The lowest BCUT2D eigenvalue weighted by molar-refractivity contribution is 0.0888. The Labute approximate surface area is 151 Å². The fourth-order valence-electron chi connectivity index (χ4n) is 2.87. The summed E-state index contributed by atoms with van der Waals surface area (Å²) in [6.07, 6.45) is 2.04. The van der Waals surface area contributed by atoms with Crippen LogP contribution in [0.2, 0.25) is 0 Å². The molecule has 2 heterocycles. The third-order valence-corrected chi connectivity index (χ3v) is 6.13. The van der Waals surface area contributed by atoms with Crippen molar-refractivity contribution in [2.45, 2.75) is 12.8 Å². The molecule has 1 atom stereocenters. The Hall–Kier alpha value is -0.900. The van der Waals surface area contributed by atoms with Crippen LogP contribution in [-0.2, 0) is 19.3 Å². The van der Waals surface area contributed by atoms with Gasteiger partial charge in [0.1, 0.15) is 0 Å². The van der Waals surface area contributed by atoms with Crippen LogP contribution < -0.4 is 10.6 Å². The van der Waals surface area contributed by atoms with E-state index in [1.54, 1.807) is 7.05 Å². The highest BCUT2D eigenvalue weighted by molar-refractivity contribution is 7.91. The number of rotatable bonds is 9. The first-order chi connectivity index (χ1) is 12.1. The smallest absolute Gasteiger partial charge is 0.191 e. The van der Waals surface area contributed by atoms with E-state index in [-0.39, 0.29) is 11.5 Å². The van der Waals surface area contributed by atoms with E-state index >= 15 is 0 Å². The molecule has 0 saturated carbocycles. The fourth-order valence-corrected chi connectivity index (χ4v) is 4.15. The van der Waals surface area contributed by atoms with Crippen molar-refractivity contribution in [1.82, 2.24) is 15.5 Å². The molecule has 0 aromatic carbocycles. The zero-order chi connectivity index (χ0) is 18.0. The van der Waals surface area contributed by atoms with Gasteiger partial charge >= 0.3 is 0 Å². The van der Waals surface area contributed by atoms with E-state index in [0.717, 1.165) is 64.9 Å². The molecule has 2 saturated heterocycles. The molecule has 2 aliphatic rings. The van der Waals surface area contributed by atoms with Crippen LogP contribution in [0.25, 0.3) is 0 Å². The van der Waals surface area contributed by atoms with Gasteiger partial charge in [0.05, 0.1) is 24.7 Å². The Morgan fingerprint density at radius 3 is 2.72 bits per heavy atom. The van der Waals surface area contributed by atoms with Gasteiger partial charge in [0.2, 0.25) is 0 Å². The van der Waals surface area contributed by atoms with Crippen LogP contribution in [0.5, 0.6) is 0 Å². The minimum atomic E-state index is -2.80. The van der Waals surface area contributed by atoms with Crippen LogP contribution in [-0.4, -0.2) is 97.0 Å². The molecule has 9 heteroatoms. The fraction of sp³-hybridized carbons (Fsp3) is 0.938. The third-order valence-electron chi connectivity index (χ3n) is 4.52. The van der Waals surface area contributed by atoms with E-state index in [2.05, 4.69) is 20.5 Å². The van der Waals surface area contributed by atoms with Crippen molar-refractivity contribution in [2.75, 3.05) is 77.7 Å². The van der Waals surface area contributed by atoms with Crippen molar-refractivity contribution < 1.29 is 17.9 Å². The molecule has 0 bridgehead atoms.